The van der Waals surface area contributed by atoms with Crippen LogP contribution in [-0.2, 0) is 6.54 Å². The number of halogens is 1. The van der Waals surface area contributed by atoms with Gasteiger partial charge in [-0.15, -0.1) is 0 Å². The maximum atomic E-state index is 11.8. The van der Waals surface area contributed by atoms with Crippen LogP contribution in [0.4, 0.5) is 4.79 Å². The van der Waals surface area contributed by atoms with Gasteiger partial charge in [0.15, 0.2) is 0 Å². The molecule has 2 aromatic carbocycles. The van der Waals surface area contributed by atoms with Crippen LogP contribution in [0, 0.1) is 0 Å². The van der Waals surface area contributed by atoms with Gasteiger partial charge in [-0.1, -0.05) is 41.9 Å². The molecule has 2 aromatic rings. The molecule has 0 bridgehead atoms. The first-order valence-corrected chi connectivity index (χ1v) is 6.41. The number of amides is 3. The number of urea groups is 1. The highest BCUT2D eigenvalue weighted by Gasteiger charge is 2.09. The lowest BCUT2D eigenvalue weighted by molar-refractivity contribution is 0.0964. The molecule has 102 valence electrons. The van der Waals surface area contributed by atoms with Crippen LogP contribution in [0.15, 0.2) is 54.6 Å². The summed E-state index contributed by atoms with van der Waals surface area (Å²) in [7, 11) is 0. The molecule has 0 radical (unpaired) electrons. The summed E-state index contributed by atoms with van der Waals surface area (Å²) < 4.78 is 0. The number of benzene rings is 2. The third-order valence-electron chi connectivity index (χ3n) is 2.63. The van der Waals surface area contributed by atoms with E-state index in [2.05, 4.69) is 10.6 Å². The summed E-state index contributed by atoms with van der Waals surface area (Å²) in [5.41, 5.74) is 1.34. The van der Waals surface area contributed by atoms with E-state index in [0.717, 1.165) is 5.56 Å². The Hall–Kier alpha value is -2.33. The largest absolute Gasteiger partial charge is 0.334 e. The average Bonchev–Trinajstić information content (AvgIpc) is 2.47. The lowest BCUT2D eigenvalue weighted by Gasteiger charge is -2.07. The zero-order valence-corrected chi connectivity index (χ0v) is 11.4. The van der Waals surface area contributed by atoms with Crippen molar-refractivity contribution in [3.63, 3.8) is 0 Å². The molecule has 0 atom stereocenters. The minimum absolute atomic E-state index is 0.362. The molecule has 2 rings (SSSR count). The zero-order valence-electron chi connectivity index (χ0n) is 10.6. The summed E-state index contributed by atoms with van der Waals surface area (Å²) in [5.74, 6) is -0.466. The zero-order chi connectivity index (χ0) is 14.4. The van der Waals surface area contributed by atoms with Crippen molar-refractivity contribution < 1.29 is 9.59 Å². The first-order valence-electron chi connectivity index (χ1n) is 6.04. The van der Waals surface area contributed by atoms with Crippen molar-refractivity contribution in [3.8, 4) is 0 Å². The minimum Gasteiger partial charge on any atom is -0.334 e. The van der Waals surface area contributed by atoms with Crippen molar-refractivity contribution in [2.45, 2.75) is 6.54 Å². The van der Waals surface area contributed by atoms with Gasteiger partial charge in [0, 0.05) is 17.1 Å². The number of hydrogen-bond donors (Lipinski definition) is 2. The second-order valence-electron chi connectivity index (χ2n) is 4.13. The Labute approximate surface area is 121 Å². The maximum Gasteiger partial charge on any atom is 0.321 e. The van der Waals surface area contributed by atoms with Gasteiger partial charge in [-0.2, -0.15) is 0 Å². The van der Waals surface area contributed by atoms with Gasteiger partial charge in [-0.25, -0.2) is 4.79 Å². The van der Waals surface area contributed by atoms with Crippen molar-refractivity contribution in [1.29, 1.82) is 0 Å². The number of rotatable bonds is 3. The number of carbonyl (C=O) groups excluding carboxylic acids is 2. The average molecular weight is 289 g/mol. The van der Waals surface area contributed by atoms with Crippen molar-refractivity contribution in [2.75, 3.05) is 0 Å². The van der Waals surface area contributed by atoms with E-state index >= 15 is 0 Å². The quantitative estimate of drug-likeness (QED) is 0.912. The number of hydrogen-bond acceptors (Lipinski definition) is 2. The van der Waals surface area contributed by atoms with E-state index in [1.807, 2.05) is 30.3 Å². The van der Waals surface area contributed by atoms with Crippen molar-refractivity contribution >= 4 is 23.5 Å². The molecule has 0 aliphatic carbocycles. The molecular weight excluding hydrogens is 276 g/mol. The second-order valence-corrected chi connectivity index (χ2v) is 4.57. The van der Waals surface area contributed by atoms with Crippen LogP contribution >= 0.6 is 11.6 Å². The fourth-order valence-electron chi connectivity index (χ4n) is 1.60. The molecule has 0 aliphatic rings. The fraction of sp³-hybridized carbons (Fsp3) is 0.0667. The van der Waals surface area contributed by atoms with Gasteiger partial charge >= 0.3 is 6.03 Å². The normalized spacial score (nSPS) is 9.85. The summed E-state index contributed by atoms with van der Waals surface area (Å²) in [6, 6.07) is 15.2. The Kier molecular flexibility index (Phi) is 4.74. The topological polar surface area (TPSA) is 58.2 Å². The molecule has 0 fully saturated rings. The molecular formula is C15H13ClN2O2. The molecule has 0 heterocycles. The van der Waals surface area contributed by atoms with E-state index in [0.29, 0.717) is 17.1 Å². The van der Waals surface area contributed by atoms with Gasteiger partial charge in [-0.3, -0.25) is 10.1 Å². The lowest BCUT2D eigenvalue weighted by Crippen LogP contribution is -2.39. The maximum absolute atomic E-state index is 11.8. The standard InChI is InChI=1S/C15H13ClN2O2/c16-13-8-6-12(7-9-13)14(19)18-15(20)17-10-11-4-2-1-3-5-11/h1-9H,10H2,(H2,17,18,19,20). The summed E-state index contributed by atoms with van der Waals surface area (Å²) >= 11 is 5.73. The molecule has 3 amide bonds. The fourth-order valence-corrected chi connectivity index (χ4v) is 1.72. The Bertz CT molecular complexity index is 597. The molecule has 0 aromatic heterocycles. The van der Waals surface area contributed by atoms with Gasteiger partial charge in [-0.05, 0) is 29.8 Å². The summed E-state index contributed by atoms with van der Waals surface area (Å²) in [4.78, 5) is 23.4. The summed E-state index contributed by atoms with van der Waals surface area (Å²) in [6.07, 6.45) is 0. The van der Waals surface area contributed by atoms with Gasteiger partial charge in [0.25, 0.3) is 5.91 Å². The second kappa shape index (κ2) is 6.73. The molecule has 5 heteroatoms. The van der Waals surface area contributed by atoms with E-state index < -0.39 is 11.9 Å². The molecule has 0 aliphatic heterocycles. The molecule has 4 nitrogen and oxygen atoms in total. The number of nitrogens with one attached hydrogen (secondary N) is 2. The summed E-state index contributed by atoms with van der Waals surface area (Å²) in [5, 5.41) is 5.41. The van der Waals surface area contributed by atoms with E-state index in [-0.39, 0.29) is 0 Å². The summed E-state index contributed by atoms with van der Waals surface area (Å²) in [6.45, 7) is 0.362. The van der Waals surface area contributed by atoms with Crippen LogP contribution in [-0.4, -0.2) is 11.9 Å². The Morgan fingerprint density at radius 3 is 2.25 bits per heavy atom. The van der Waals surface area contributed by atoms with Crippen molar-refractivity contribution in [2.24, 2.45) is 0 Å². The van der Waals surface area contributed by atoms with E-state index in [1.54, 1.807) is 24.3 Å². The highest BCUT2D eigenvalue weighted by atomic mass is 35.5. The molecule has 0 saturated carbocycles. The Morgan fingerprint density at radius 1 is 0.950 bits per heavy atom. The monoisotopic (exact) mass is 288 g/mol. The first kappa shape index (κ1) is 14.1. The van der Waals surface area contributed by atoms with Gasteiger partial charge in [0.2, 0.25) is 0 Å². The smallest absolute Gasteiger partial charge is 0.321 e. The third-order valence-corrected chi connectivity index (χ3v) is 2.88. The SMILES string of the molecule is O=C(NCc1ccccc1)NC(=O)c1ccc(Cl)cc1. The lowest BCUT2D eigenvalue weighted by atomic mass is 10.2. The molecule has 0 saturated heterocycles. The van der Waals surface area contributed by atoms with Crippen LogP contribution in [0.1, 0.15) is 15.9 Å². The van der Waals surface area contributed by atoms with Gasteiger partial charge in [0.05, 0.1) is 0 Å². The molecule has 0 unspecified atom stereocenters. The van der Waals surface area contributed by atoms with Crippen LogP contribution in [0.2, 0.25) is 5.02 Å². The van der Waals surface area contributed by atoms with Crippen molar-refractivity contribution in [1.82, 2.24) is 10.6 Å². The van der Waals surface area contributed by atoms with Crippen LogP contribution in [0.25, 0.3) is 0 Å². The van der Waals surface area contributed by atoms with Crippen LogP contribution < -0.4 is 10.6 Å². The van der Waals surface area contributed by atoms with E-state index in [9.17, 15) is 9.59 Å². The first-order chi connectivity index (χ1) is 9.65. The van der Waals surface area contributed by atoms with E-state index in [1.165, 1.54) is 0 Å². The predicted molar refractivity (Wildman–Crippen MR) is 77.6 cm³/mol. The molecule has 2 N–H and O–H groups in total. The highest BCUT2D eigenvalue weighted by Crippen LogP contribution is 2.09. The molecule has 20 heavy (non-hydrogen) atoms. The minimum atomic E-state index is -0.534. The number of carbonyl (C=O) groups is 2. The number of imide groups is 1. The van der Waals surface area contributed by atoms with Crippen LogP contribution in [0.5, 0.6) is 0 Å². The Morgan fingerprint density at radius 2 is 1.60 bits per heavy atom. The Balaban J connectivity index is 1.85. The van der Waals surface area contributed by atoms with Crippen molar-refractivity contribution in [3.05, 3.63) is 70.7 Å². The predicted octanol–water partition coefficient (Wildman–Crippen LogP) is 2.98. The van der Waals surface area contributed by atoms with Gasteiger partial charge < -0.3 is 5.32 Å². The highest BCUT2D eigenvalue weighted by molar-refractivity contribution is 6.30. The molecule has 0 spiro atoms. The van der Waals surface area contributed by atoms with Crippen LogP contribution in [0.3, 0.4) is 0 Å². The van der Waals surface area contributed by atoms with E-state index in [4.69, 9.17) is 11.6 Å². The van der Waals surface area contributed by atoms with Gasteiger partial charge in [0.1, 0.15) is 0 Å². The third kappa shape index (κ3) is 4.10.